The number of ether oxygens (including phenoxy) is 4. The van der Waals surface area contributed by atoms with Gasteiger partial charge in [-0.15, -0.1) is 5.54 Å². The molecule has 1 aliphatic carbocycles. The summed E-state index contributed by atoms with van der Waals surface area (Å²) in [7, 11) is -0.807. The molecule has 60 heavy (non-hydrogen) atoms. The second-order valence-electron chi connectivity index (χ2n) is 18.6. The molecule has 1 amide bonds. The van der Waals surface area contributed by atoms with Crippen LogP contribution in [0.2, 0.25) is 16.6 Å². The zero-order valence-electron chi connectivity index (χ0n) is 36.4. The Balaban J connectivity index is 1.40. The lowest BCUT2D eigenvalue weighted by Gasteiger charge is -2.42. The van der Waals surface area contributed by atoms with Gasteiger partial charge in [-0.05, 0) is 86.7 Å². The van der Waals surface area contributed by atoms with Crippen molar-refractivity contribution in [1.82, 2.24) is 19.9 Å². The standard InChI is InChI=1S/C46H56F2N6O5Si/c1-27(2)60(28(3)4,29(5)6)18-15-34-37(47)14-11-30-19-33(58-26-56-10)20-35(38(30)34)40-39(48)41-36(21-50-40)42(52-43(51-41)57-25-46(24-49)16-17-46)53-22-31-12-13-32(23-53)54(31)44(55)59-45(7,8)9/h11,14,19-21,27-29,31-32H,12-13,16-17,22-23,25-26H2,1-10H3. The molecule has 1 saturated carbocycles. The molecule has 2 aliphatic heterocycles. The zero-order chi connectivity index (χ0) is 43.3. The van der Waals surface area contributed by atoms with Crippen LogP contribution in [0, 0.1) is 39.8 Å². The fourth-order valence-corrected chi connectivity index (χ4v) is 14.6. The van der Waals surface area contributed by atoms with Crippen LogP contribution in [0.4, 0.5) is 19.4 Å². The molecule has 7 rings (SSSR count). The van der Waals surface area contributed by atoms with Gasteiger partial charge >= 0.3 is 12.1 Å². The van der Waals surface area contributed by atoms with Crippen LogP contribution in [-0.2, 0) is 9.47 Å². The van der Waals surface area contributed by atoms with Gasteiger partial charge in [0, 0.05) is 37.3 Å². The number of pyridine rings is 1. The molecule has 4 aromatic rings. The first kappa shape index (κ1) is 43.0. The lowest BCUT2D eigenvalue weighted by molar-refractivity contribution is 0.0122. The van der Waals surface area contributed by atoms with Gasteiger partial charge in [0.1, 0.15) is 48.9 Å². The van der Waals surface area contributed by atoms with Crippen molar-refractivity contribution in [2.24, 2.45) is 5.41 Å². The number of fused-ring (bicyclic) bond motifs is 4. The highest BCUT2D eigenvalue weighted by Gasteiger charge is 2.47. The summed E-state index contributed by atoms with van der Waals surface area (Å²) in [6.07, 6.45) is 4.12. The molecule has 4 heterocycles. The molecule has 11 nitrogen and oxygen atoms in total. The summed E-state index contributed by atoms with van der Waals surface area (Å²) in [5.41, 5.74) is 3.61. The minimum Gasteiger partial charge on any atom is -0.468 e. The highest BCUT2D eigenvalue weighted by molar-refractivity contribution is 6.90. The third kappa shape index (κ3) is 8.08. The summed E-state index contributed by atoms with van der Waals surface area (Å²) >= 11 is 0. The molecule has 2 unspecified atom stereocenters. The summed E-state index contributed by atoms with van der Waals surface area (Å²) in [6, 6.07) is 8.37. The van der Waals surface area contributed by atoms with Gasteiger partial charge in [0.05, 0.1) is 34.5 Å². The van der Waals surface area contributed by atoms with E-state index in [4.69, 9.17) is 28.9 Å². The highest BCUT2D eigenvalue weighted by Crippen LogP contribution is 2.46. The van der Waals surface area contributed by atoms with Crippen LogP contribution in [0.15, 0.2) is 30.5 Å². The fraction of sp³-hybridized carbons (Fsp3) is 0.543. The maximum absolute atomic E-state index is 17.6. The van der Waals surface area contributed by atoms with Crippen molar-refractivity contribution in [3.8, 4) is 40.6 Å². The van der Waals surface area contributed by atoms with Crippen LogP contribution in [0.3, 0.4) is 0 Å². The normalized spacial score (nSPS) is 18.6. The third-order valence-corrected chi connectivity index (χ3v) is 18.8. The van der Waals surface area contributed by atoms with E-state index in [2.05, 4.69) is 64.1 Å². The van der Waals surface area contributed by atoms with Crippen LogP contribution in [0.1, 0.15) is 93.6 Å². The van der Waals surface area contributed by atoms with Gasteiger partial charge in [-0.2, -0.15) is 15.2 Å². The van der Waals surface area contributed by atoms with E-state index in [1.54, 1.807) is 24.4 Å². The maximum Gasteiger partial charge on any atom is 0.410 e. The van der Waals surface area contributed by atoms with Crippen molar-refractivity contribution in [2.45, 2.75) is 122 Å². The number of aromatic nitrogens is 3. The summed E-state index contributed by atoms with van der Waals surface area (Å²) < 4.78 is 56.8. The van der Waals surface area contributed by atoms with Crippen molar-refractivity contribution in [2.75, 3.05) is 38.5 Å². The average molecular weight is 839 g/mol. The molecule has 3 fully saturated rings. The first-order valence-electron chi connectivity index (χ1n) is 21.0. The number of nitriles is 1. The minimum atomic E-state index is -2.31. The van der Waals surface area contributed by atoms with E-state index in [-0.39, 0.29) is 59.9 Å². The monoisotopic (exact) mass is 838 g/mol. The summed E-state index contributed by atoms with van der Waals surface area (Å²) in [6.45, 7) is 19.6. The van der Waals surface area contributed by atoms with Crippen LogP contribution in [0.5, 0.6) is 11.8 Å². The summed E-state index contributed by atoms with van der Waals surface area (Å²) in [5.74, 6) is 2.82. The second-order valence-corrected chi connectivity index (χ2v) is 24.1. The van der Waals surface area contributed by atoms with Crippen molar-refractivity contribution >= 4 is 41.7 Å². The molecule has 2 aromatic heterocycles. The molecular formula is C46H56F2N6O5Si. The Hall–Kier alpha value is -5.05. The molecule has 0 radical (unpaired) electrons. The van der Waals surface area contributed by atoms with E-state index in [1.807, 2.05) is 30.6 Å². The molecule has 0 N–H and O–H groups in total. The highest BCUT2D eigenvalue weighted by atomic mass is 28.3. The van der Waals surface area contributed by atoms with Crippen LogP contribution >= 0.6 is 0 Å². The number of hydrogen-bond donors (Lipinski definition) is 0. The van der Waals surface area contributed by atoms with E-state index in [1.165, 1.54) is 13.2 Å². The Bertz CT molecular complexity index is 2380. The Morgan fingerprint density at radius 3 is 2.25 bits per heavy atom. The van der Waals surface area contributed by atoms with Gasteiger partial charge in [-0.25, -0.2) is 13.6 Å². The first-order chi connectivity index (χ1) is 28.4. The summed E-state index contributed by atoms with van der Waals surface area (Å²) in [5, 5.41) is 11.1. The average Bonchev–Trinajstić information content (AvgIpc) is 3.92. The number of rotatable bonds is 11. The number of benzene rings is 2. The van der Waals surface area contributed by atoms with Crippen molar-refractivity contribution < 1.29 is 32.5 Å². The number of carbonyl (C=O) groups is 1. The number of halogens is 2. The largest absolute Gasteiger partial charge is 0.468 e. The van der Waals surface area contributed by atoms with Crippen molar-refractivity contribution in [3.05, 3.63) is 47.7 Å². The quantitative estimate of drug-likeness (QED) is 0.0820. The molecule has 2 aromatic carbocycles. The molecule has 0 spiro atoms. The van der Waals surface area contributed by atoms with E-state index >= 15 is 8.78 Å². The van der Waals surface area contributed by atoms with Crippen molar-refractivity contribution in [1.29, 1.82) is 5.26 Å². The Morgan fingerprint density at radius 1 is 1.00 bits per heavy atom. The Labute approximate surface area is 352 Å². The molecule has 318 valence electrons. The van der Waals surface area contributed by atoms with E-state index in [0.717, 1.165) is 12.8 Å². The number of amides is 1. The molecule has 2 saturated heterocycles. The molecule has 2 bridgehead atoms. The number of methoxy groups -OCH3 is 1. The van der Waals surface area contributed by atoms with Gasteiger partial charge < -0.3 is 23.8 Å². The van der Waals surface area contributed by atoms with Gasteiger partial charge in [0.15, 0.2) is 12.6 Å². The predicted octanol–water partition coefficient (Wildman–Crippen LogP) is 9.95. The zero-order valence-corrected chi connectivity index (χ0v) is 37.4. The number of nitrogens with zero attached hydrogens (tertiary/aromatic N) is 6. The van der Waals surface area contributed by atoms with Crippen LogP contribution < -0.4 is 14.4 Å². The van der Waals surface area contributed by atoms with Crippen molar-refractivity contribution in [3.63, 3.8) is 0 Å². The number of hydrogen-bond acceptors (Lipinski definition) is 10. The Kier molecular flexibility index (Phi) is 11.8. The second kappa shape index (κ2) is 16.4. The lowest BCUT2D eigenvalue weighted by atomic mass is 9.95. The Morgan fingerprint density at radius 2 is 1.67 bits per heavy atom. The molecule has 14 heteroatoms. The molecule has 2 atom stereocenters. The third-order valence-electron chi connectivity index (χ3n) is 12.5. The van der Waals surface area contributed by atoms with E-state index in [0.29, 0.717) is 70.3 Å². The molecular weight excluding hydrogens is 783 g/mol. The first-order valence-corrected chi connectivity index (χ1v) is 23.2. The van der Waals surface area contributed by atoms with Crippen LogP contribution in [0.25, 0.3) is 32.9 Å². The molecule has 3 aliphatic rings. The fourth-order valence-electron chi connectivity index (χ4n) is 9.38. The van der Waals surface area contributed by atoms with Gasteiger partial charge in [0.25, 0.3) is 0 Å². The number of piperazine rings is 1. The van der Waals surface area contributed by atoms with Gasteiger partial charge in [0.2, 0.25) is 0 Å². The lowest BCUT2D eigenvalue weighted by Crippen LogP contribution is -2.57. The van der Waals surface area contributed by atoms with E-state index < -0.39 is 30.7 Å². The summed E-state index contributed by atoms with van der Waals surface area (Å²) in [4.78, 5) is 31.4. The predicted molar refractivity (Wildman–Crippen MR) is 230 cm³/mol. The van der Waals surface area contributed by atoms with Gasteiger partial charge in [-0.3, -0.25) is 9.88 Å². The SMILES string of the molecule is COCOc1cc(-c2ncc3c(N4CC5CCC(C4)N5C(=O)OC(C)(C)C)nc(OCC4(C#N)CC4)nc3c2F)c2c(C#C[Si](C(C)C)(C(C)C)C(C)C)c(F)ccc2c1. The number of carbonyl (C=O) groups excluding carboxylic acids is 1. The maximum atomic E-state index is 17.6. The van der Waals surface area contributed by atoms with Crippen LogP contribution in [-0.4, -0.2) is 85.3 Å². The van der Waals surface area contributed by atoms with E-state index in [9.17, 15) is 10.1 Å². The smallest absolute Gasteiger partial charge is 0.410 e. The topological polar surface area (TPSA) is 123 Å². The van der Waals surface area contributed by atoms with Gasteiger partial charge in [-0.1, -0.05) is 53.5 Å². The minimum absolute atomic E-state index is 0.0463. The number of anilines is 1.